The molecule has 1 aromatic carbocycles. The molecule has 1 aliphatic rings. The Morgan fingerprint density at radius 1 is 1.43 bits per heavy atom. The molecule has 0 saturated heterocycles. The van der Waals surface area contributed by atoms with Gasteiger partial charge in [0.2, 0.25) is 0 Å². The summed E-state index contributed by atoms with van der Waals surface area (Å²) in [6, 6.07) is 1.82. The lowest BCUT2D eigenvalue weighted by Crippen LogP contribution is -2.34. The lowest BCUT2D eigenvalue weighted by atomic mass is 10.1. The molecule has 1 aromatic rings. The molecule has 0 spiro atoms. The van der Waals surface area contributed by atoms with Gasteiger partial charge in [0.1, 0.15) is 11.5 Å². The van der Waals surface area contributed by atoms with Crippen molar-refractivity contribution in [2.24, 2.45) is 10.9 Å². The van der Waals surface area contributed by atoms with Crippen LogP contribution in [0, 0.1) is 11.6 Å². The van der Waals surface area contributed by atoms with E-state index in [-0.39, 0.29) is 24.4 Å². The minimum atomic E-state index is -1.11. The van der Waals surface area contributed by atoms with Crippen LogP contribution in [0.3, 0.4) is 0 Å². The first-order valence-corrected chi connectivity index (χ1v) is 6.02. The molecule has 1 amide bonds. The number of hydrogen-bond donors (Lipinski definition) is 2. The monoisotopic (exact) mass is 297 g/mol. The lowest BCUT2D eigenvalue weighted by molar-refractivity contribution is -0.123. The molecule has 0 aliphatic carbocycles. The number of carbonyl (C=O) groups is 1. The van der Waals surface area contributed by atoms with Gasteiger partial charge >= 0.3 is 0 Å². The molecule has 0 fully saturated rings. The van der Waals surface area contributed by atoms with Gasteiger partial charge in [-0.3, -0.25) is 9.69 Å². The first-order chi connectivity index (χ1) is 9.93. The molecule has 1 aliphatic heterocycles. The van der Waals surface area contributed by atoms with Crippen molar-refractivity contribution in [2.45, 2.75) is 6.92 Å². The van der Waals surface area contributed by atoms with Crippen LogP contribution in [0.5, 0.6) is 5.75 Å². The van der Waals surface area contributed by atoms with Gasteiger partial charge < -0.3 is 9.94 Å². The van der Waals surface area contributed by atoms with Crippen LogP contribution in [-0.4, -0.2) is 34.9 Å². The number of aliphatic imine (C=N–C) groups is 1. The van der Waals surface area contributed by atoms with Gasteiger partial charge in [-0.15, -0.1) is 0 Å². The molecule has 0 saturated carbocycles. The molecule has 6 nitrogen and oxygen atoms in total. The Labute approximate surface area is 119 Å². The summed E-state index contributed by atoms with van der Waals surface area (Å²) >= 11 is 0. The second-order valence-corrected chi connectivity index (χ2v) is 4.35. The van der Waals surface area contributed by atoms with Gasteiger partial charge in [0.05, 0.1) is 13.2 Å². The van der Waals surface area contributed by atoms with Crippen LogP contribution in [0.25, 0.3) is 6.08 Å². The van der Waals surface area contributed by atoms with Crippen LogP contribution in [0.15, 0.2) is 22.8 Å². The van der Waals surface area contributed by atoms with Crippen molar-refractivity contribution in [3.63, 3.8) is 0 Å². The summed E-state index contributed by atoms with van der Waals surface area (Å²) in [6.45, 7) is 1.97. The molecule has 2 rings (SSSR count). The first kappa shape index (κ1) is 15.1. The average Bonchev–Trinajstić information content (AvgIpc) is 2.69. The van der Waals surface area contributed by atoms with E-state index in [1.807, 2.05) is 0 Å². The average molecular weight is 297 g/mol. The normalized spacial score (nSPS) is 16.8. The maximum Gasteiger partial charge on any atom is 0.277 e. The zero-order valence-electron chi connectivity index (χ0n) is 11.1. The number of aromatic hydroxyl groups is 1. The van der Waals surface area contributed by atoms with Crippen molar-refractivity contribution in [3.05, 3.63) is 35.0 Å². The van der Waals surface area contributed by atoms with Crippen LogP contribution in [-0.2, 0) is 9.63 Å². The summed E-state index contributed by atoms with van der Waals surface area (Å²) in [5.41, 5.74) is 0.119. The van der Waals surface area contributed by atoms with Gasteiger partial charge in [-0.2, -0.15) is 0 Å². The molecule has 0 bridgehead atoms. The fourth-order valence-electron chi connectivity index (χ4n) is 1.90. The number of amides is 1. The van der Waals surface area contributed by atoms with E-state index in [1.54, 1.807) is 6.92 Å². The van der Waals surface area contributed by atoms with Crippen LogP contribution in [0.1, 0.15) is 12.5 Å². The SMILES string of the molecule is CC1=N/C(=C\c2cc(F)c(O)c(F)c2)C(=O)N1CCON. The Balaban J connectivity index is 2.29. The van der Waals surface area contributed by atoms with Gasteiger partial charge in [-0.1, -0.05) is 0 Å². The van der Waals surface area contributed by atoms with Gasteiger partial charge in [0.15, 0.2) is 17.4 Å². The van der Waals surface area contributed by atoms with Gasteiger partial charge in [-0.05, 0) is 30.7 Å². The number of carbonyl (C=O) groups excluding carboxylic acids is 1. The lowest BCUT2D eigenvalue weighted by Gasteiger charge is -2.14. The molecule has 1 heterocycles. The standard InChI is InChI=1S/C13H13F2N3O3/c1-7-17-11(13(20)18(7)2-3-21-16)6-8-4-9(14)12(19)10(15)5-8/h4-6,19H,2-3,16H2,1H3/b11-6-. The molecule has 0 radical (unpaired) electrons. The van der Waals surface area contributed by atoms with E-state index in [4.69, 9.17) is 11.0 Å². The van der Waals surface area contributed by atoms with Crippen LogP contribution in [0.4, 0.5) is 8.78 Å². The Morgan fingerprint density at radius 3 is 2.62 bits per heavy atom. The second-order valence-electron chi connectivity index (χ2n) is 4.35. The molecule has 8 heteroatoms. The van der Waals surface area contributed by atoms with Crippen molar-refractivity contribution in [3.8, 4) is 5.75 Å². The van der Waals surface area contributed by atoms with E-state index >= 15 is 0 Å². The Morgan fingerprint density at radius 2 is 2.05 bits per heavy atom. The highest BCUT2D eigenvalue weighted by Gasteiger charge is 2.27. The number of nitrogens with two attached hydrogens (primary N) is 1. The van der Waals surface area contributed by atoms with E-state index in [0.717, 1.165) is 12.1 Å². The predicted octanol–water partition coefficient (Wildman–Crippen LogP) is 1.16. The summed E-state index contributed by atoms with van der Waals surface area (Å²) in [6.07, 6.45) is 1.24. The molecule has 0 unspecified atom stereocenters. The summed E-state index contributed by atoms with van der Waals surface area (Å²) in [7, 11) is 0. The van der Waals surface area contributed by atoms with Gasteiger partial charge in [-0.25, -0.2) is 19.7 Å². The van der Waals surface area contributed by atoms with Crippen molar-refractivity contribution in [1.82, 2.24) is 4.90 Å². The molecular weight excluding hydrogens is 284 g/mol. The van der Waals surface area contributed by atoms with E-state index in [1.165, 1.54) is 11.0 Å². The third-order valence-corrected chi connectivity index (χ3v) is 2.91. The maximum absolute atomic E-state index is 13.3. The summed E-state index contributed by atoms with van der Waals surface area (Å²) in [4.78, 5) is 21.8. The highest BCUT2D eigenvalue weighted by Crippen LogP contribution is 2.24. The molecule has 3 N–H and O–H groups in total. The summed E-state index contributed by atoms with van der Waals surface area (Å²) < 4.78 is 26.5. The Hall–Kier alpha value is -2.32. The number of amidine groups is 1. The zero-order valence-corrected chi connectivity index (χ0v) is 11.1. The number of hydrogen-bond acceptors (Lipinski definition) is 5. The highest BCUT2D eigenvalue weighted by atomic mass is 19.1. The number of benzene rings is 1. The number of phenols is 1. The fourth-order valence-corrected chi connectivity index (χ4v) is 1.90. The first-order valence-electron chi connectivity index (χ1n) is 6.02. The number of halogens is 2. The number of rotatable bonds is 4. The van der Waals surface area contributed by atoms with Gasteiger partial charge in [0.25, 0.3) is 5.91 Å². The zero-order chi connectivity index (χ0) is 15.6. The maximum atomic E-state index is 13.3. The van der Waals surface area contributed by atoms with E-state index in [9.17, 15) is 13.6 Å². The number of nitrogens with zero attached hydrogens (tertiary/aromatic N) is 2. The Kier molecular flexibility index (Phi) is 4.29. The molecule has 0 aromatic heterocycles. The van der Waals surface area contributed by atoms with E-state index < -0.39 is 23.3 Å². The smallest absolute Gasteiger partial charge is 0.277 e. The largest absolute Gasteiger partial charge is 0.503 e. The molecule has 21 heavy (non-hydrogen) atoms. The van der Waals surface area contributed by atoms with E-state index in [2.05, 4.69) is 9.83 Å². The number of phenolic OH excluding ortho intramolecular Hbond substituents is 1. The van der Waals surface area contributed by atoms with Crippen LogP contribution < -0.4 is 5.90 Å². The molecular formula is C13H13F2N3O3. The third-order valence-electron chi connectivity index (χ3n) is 2.91. The fraction of sp³-hybridized carbons (Fsp3) is 0.231. The summed E-state index contributed by atoms with van der Waals surface area (Å²) in [5.74, 6) is 1.64. The predicted molar refractivity (Wildman–Crippen MR) is 71.0 cm³/mol. The van der Waals surface area contributed by atoms with Gasteiger partial charge in [0, 0.05) is 0 Å². The van der Waals surface area contributed by atoms with Crippen LogP contribution in [0.2, 0.25) is 0 Å². The molecule has 0 atom stereocenters. The van der Waals surface area contributed by atoms with E-state index in [0.29, 0.717) is 5.84 Å². The third kappa shape index (κ3) is 3.06. The van der Waals surface area contributed by atoms with Crippen molar-refractivity contribution < 1.29 is 23.5 Å². The second kappa shape index (κ2) is 5.98. The Bertz CT molecular complexity index is 621. The van der Waals surface area contributed by atoms with Crippen molar-refractivity contribution in [1.29, 1.82) is 0 Å². The van der Waals surface area contributed by atoms with Crippen LogP contribution >= 0.6 is 0 Å². The minimum Gasteiger partial charge on any atom is -0.503 e. The molecule has 112 valence electrons. The minimum absolute atomic E-state index is 0.0361. The van der Waals surface area contributed by atoms with Crippen molar-refractivity contribution >= 4 is 17.8 Å². The summed E-state index contributed by atoms with van der Waals surface area (Å²) in [5, 5.41) is 9.03. The van der Waals surface area contributed by atoms with Crippen molar-refractivity contribution in [2.75, 3.05) is 13.2 Å². The topological polar surface area (TPSA) is 88.2 Å². The quantitative estimate of drug-likeness (QED) is 0.645. The highest BCUT2D eigenvalue weighted by molar-refractivity contribution is 6.13.